The molecule has 1 aromatic rings. The van der Waals surface area contributed by atoms with Crippen molar-refractivity contribution in [2.24, 2.45) is 4.99 Å². The SMILES string of the molecule is CCNC(=NCc1cccc(OCCCOC)c1)N1CCOC(C2CCCO2)C1. The Labute approximate surface area is 174 Å². The highest BCUT2D eigenvalue weighted by Gasteiger charge is 2.32. The molecule has 1 N–H and O–H groups in total. The van der Waals surface area contributed by atoms with Crippen molar-refractivity contribution >= 4 is 5.96 Å². The molecule has 2 unspecified atom stereocenters. The lowest BCUT2D eigenvalue weighted by atomic mass is 10.1. The quantitative estimate of drug-likeness (QED) is 0.387. The molecule has 7 nitrogen and oxygen atoms in total. The summed E-state index contributed by atoms with van der Waals surface area (Å²) in [5.41, 5.74) is 1.13. The van der Waals surface area contributed by atoms with Gasteiger partial charge in [0.05, 0.1) is 25.9 Å². The fourth-order valence-electron chi connectivity index (χ4n) is 3.71. The lowest BCUT2D eigenvalue weighted by Crippen LogP contribution is -2.53. The van der Waals surface area contributed by atoms with Crippen LogP contribution in [0.5, 0.6) is 5.75 Å². The molecule has 0 radical (unpaired) electrons. The fraction of sp³-hybridized carbons (Fsp3) is 0.682. The maximum atomic E-state index is 5.98. The van der Waals surface area contributed by atoms with Gasteiger partial charge in [0.25, 0.3) is 0 Å². The van der Waals surface area contributed by atoms with Crippen LogP contribution in [-0.4, -0.2) is 76.2 Å². The van der Waals surface area contributed by atoms with Crippen LogP contribution < -0.4 is 10.1 Å². The third kappa shape index (κ3) is 6.87. The van der Waals surface area contributed by atoms with Crippen LogP contribution in [0.1, 0.15) is 31.7 Å². The molecule has 0 spiro atoms. The van der Waals surface area contributed by atoms with Crippen molar-refractivity contribution in [2.75, 3.05) is 53.2 Å². The second-order valence-electron chi connectivity index (χ2n) is 7.42. The summed E-state index contributed by atoms with van der Waals surface area (Å²) in [4.78, 5) is 7.17. The predicted molar refractivity (Wildman–Crippen MR) is 114 cm³/mol. The van der Waals surface area contributed by atoms with Crippen molar-refractivity contribution in [1.29, 1.82) is 0 Å². The minimum atomic E-state index is 0.124. The van der Waals surface area contributed by atoms with Gasteiger partial charge in [-0.05, 0) is 37.5 Å². The summed E-state index contributed by atoms with van der Waals surface area (Å²) in [6.45, 7) is 8.13. The zero-order valence-corrected chi connectivity index (χ0v) is 17.8. The Bertz CT molecular complexity index is 634. The van der Waals surface area contributed by atoms with E-state index in [4.69, 9.17) is 23.9 Å². The number of nitrogens with zero attached hydrogens (tertiary/aromatic N) is 2. The summed E-state index contributed by atoms with van der Waals surface area (Å²) < 4.78 is 22.7. The molecule has 0 bridgehead atoms. The van der Waals surface area contributed by atoms with Crippen LogP contribution in [0, 0.1) is 0 Å². The first-order valence-corrected chi connectivity index (χ1v) is 10.8. The van der Waals surface area contributed by atoms with Crippen LogP contribution in [0.25, 0.3) is 0 Å². The maximum absolute atomic E-state index is 5.98. The van der Waals surface area contributed by atoms with Crippen molar-refractivity contribution < 1.29 is 18.9 Å². The van der Waals surface area contributed by atoms with Gasteiger partial charge in [0, 0.05) is 46.4 Å². The van der Waals surface area contributed by atoms with E-state index in [-0.39, 0.29) is 12.2 Å². The first-order valence-electron chi connectivity index (χ1n) is 10.8. The average molecular weight is 406 g/mol. The van der Waals surface area contributed by atoms with Crippen molar-refractivity contribution in [1.82, 2.24) is 10.2 Å². The highest BCUT2D eigenvalue weighted by Crippen LogP contribution is 2.21. The zero-order chi connectivity index (χ0) is 20.3. The minimum Gasteiger partial charge on any atom is -0.493 e. The van der Waals surface area contributed by atoms with Crippen molar-refractivity contribution in [3.05, 3.63) is 29.8 Å². The van der Waals surface area contributed by atoms with Crippen LogP contribution in [0.3, 0.4) is 0 Å². The summed E-state index contributed by atoms with van der Waals surface area (Å²) in [6, 6.07) is 8.16. The molecule has 2 atom stereocenters. The summed E-state index contributed by atoms with van der Waals surface area (Å²) >= 11 is 0. The molecule has 3 rings (SSSR count). The van der Waals surface area contributed by atoms with E-state index in [9.17, 15) is 0 Å². The summed E-state index contributed by atoms with van der Waals surface area (Å²) in [7, 11) is 1.71. The molecule has 2 fully saturated rings. The Hall–Kier alpha value is -1.83. The first-order chi connectivity index (χ1) is 14.3. The van der Waals surface area contributed by atoms with E-state index in [0.29, 0.717) is 26.4 Å². The molecule has 2 aliphatic heterocycles. The van der Waals surface area contributed by atoms with Crippen molar-refractivity contribution in [2.45, 2.75) is 44.9 Å². The number of methoxy groups -OCH3 is 1. The number of hydrogen-bond acceptors (Lipinski definition) is 5. The van der Waals surface area contributed by atoms with Crippen LogP contribution in [0.4, 0.5) is 0 Å². The lowest BCUT2D eigenvalue weighted by Gasteiger charge is -2.37. The van der Waals surface area contributed by atoms with Gasteiger partial charge < -0.3 is 29.2 Å². The third-order valence-electron chi connectivity index (χ3n) is 5.18. The van der Waals surface area contributed by atoms with E-state index < -0.39 is 0 Å². The number of morpholine rings is 1. The van der Waals surface area contributed by atoms with Gasteiger partial charge in [-0.3, -0.25) is 0 Å². The lowest BCUT2D eigenvalue weighted by molar-refractivity contribution is -0.0817. The molecular weight excluding hydrogens is 370 g/mol. The Morgan fingerprint density at radius 2 is 2.14 bits per heavy atom. The number of nitrogens with one attached hydrogen (secondary N) is 1. The van der Waals surface area contributed by atoms with Crippen LogP contribution in [-0.2, 0) is 20.8 Å². The van der Waals surface area contributed by atoms with E-state index in [1.165, 1.54) is 0 Å². The summed E-state index contributed by atoms with van der Waals surface area (Å²) in [5, 5.41) is 3.43. The molecule has 1 aromatic carbocycles. The normalized spacial score (nSPS) is 22.7. The number of guanidine groups is 1. The average Bonchev–Trinajstić information content (AvgIpc) is 3.30. The van der Waals surface area contributed by atoms with Gasteiger partial charge in [-0.15, -0.1) is 0 Å². The van der Waals surface area contributed by atoms with Gasteiger partial charge in [-0.2, -0.15) is 0 Å². The van der Waals surface area contributed by atoms with Gasteiger partial charge in [0.2, 0.25) is 0 Å². The molecule has 0 amide bonds. The summed E-state index contributed by atoms with van der Waals surface area (Å²) in [6.07, 6.45) is 3.43. The molecule has 0 aromatic heterocycles. The van der Waals surface area contributed by atoms with Crippen molar-refractivity contribution in [3.8, 4) is 5.75 Å². The van der Waals surface area contributed by atoms with E-state index >= 15 is 0 Å². The Morgan fingerprint density at radius 3 is 2.93 bits per heavy atom. The largest absolute Gasteiger partial charge is 0.493 e. The van der Waals surface area contributed by atoms with E-state index in [2.05, 4.69) is 29.3 Å². The fourth-order valence-corrected chi connectivity index (χ4v) is 3.71. The van der Waals surface area contributed by atoms with Gasteiger partial charge in [0.1, 0.15) is 11.9 Å². The second kappa shape index (κ2) is 12.0. The number of hydrogen-bond donors (Lipinski definition) is 1. The van der Waals surface area contributed by atoms with E-state index in [0.717, 1.165) is 62.8 Å². The Kier molecular flexibility index (Phi) is 9.05. The molecule has 7 heteroatoms. The standard InChI is InChI=1S/C22H35N3O4/c1-3-23-22(25-10-14-29-21(17-25)20-9-5-12-28-20)24-16-18-7-4-8-19(15-18)27-13-6-11-26-2/h4,7-8,15,20-21H,3,5-6,9-14,16-17H2,1-2H3,(H,23,24). The molecule has 29 heavy (non-hydrogen) atoms. The number of benzene rings is 1. The molecule has 0 aliphatic carbocycles. The molecule has 0 saturated carbocycles. The smallest absolute Gasteiger partial charge is 0.194 e. The summed E-state index contributed by atoms with van der Waals surface area (Å²) in [5.74, 6) is 1.81. The second-order valence-corrected chi connectivity index (χ2v) is 7.42. The minimum absolute atomic E-state index is 0.124. The topological polar surface area (TPSA) is 64.6 Å². The molecule has 2 heterocycles. The monoisotopic (exact) mass is 405 g/mol. The third-order valence-corrected chi connectivity index (χ3v) is 5.18. The molecule has 162 valence electrons. The van der Waals surface area contributed by atoms with Crippen LogP contribution >= 0.6 is 0 Å². The highest BCUT2D eigenvalue weighted by molar-refractivity contribution is 5.80. The van der Waals surface area contributed by atoms with Gasteiger partial charge >= 0.3 is 0 Å². The first kappa shape index (κ1) is 21.9. The number of ether oxygens (including phenoxy) is 4. The van der Waals surface area contributed by atoms with Gasteiger partial charge in [0.15, 0.2) is 5.96 Å². The highest BCUT2D eigenvalue weighted by atomic mass is 16.5. The molecular formula is C22H35N3O4. The van der Waals surface area contributed by atoms with Gasteiger partial charge in [-0.25, -0.2) is 4.99 Å². The maximum Gasteiger partial charge on any atom is 0.194 e. The van der Waals surface area contributed by atoms with Gasteiger partial charge in [-0.1, -0.05) is 12.1 Å². The van der Waals surface area contributed by atoms with Crippen molar-refractivity contribution in [3.63, 3.8) is 0 Å². The van der Waals surface area contributed by atoms with E-state index in [1.807, 2.05) is 12.1 Å². The zero-order valence-electron chi connectivity index (χ0n) is 17.8. The Morgan fingerprint density at radius 1 is 1.24 bits per heavy atom. The molecule has 2 aliphatic rings. The number of aliphatic imine (C=N–C) groups is 1. The van der Waals surface area contributed by atoms with Crippen LogP contribution in [0.15, 0.2) is 29.3 Å². The van der Waals surface area contributed by atoms with Crippen LogP contribution in [0.2, 0.25) is 0 Å². The molecule has 2 saturated heterocycles. The number of rotatable bonds is 9. The predicted octanol–water partition coefficient (Wildman–Crippen LogP) is 2.45. The Balaban J connectivity index is 1.58. The van der Waals surface area contributed by atoms with E-state index in [1.54, 1.807) is 7.11 Å².